The topological polar surface area (TPSA) is 66.5 Å². The lowest BCUT2D eigenvalue weighted by molar-refractivity contribution is -0.119. The van der Waals surface area contributed by atoms with Gasteiger partial charge in [0.25, 0.3) is 10.0 Å². The average Bonchev–Trinajstić information content (AvgIpc) is 2.63. The molecule has 2 aromatic carbocycles. The molecule has 0 spiro atoms. The average molecular weight is 441 g/mol. The summed E-state index contributed by atoms with van der Waals surface area (Å²) < 4.78 is 27.5. The molecule has 2 aromatic rings. The zero-order chi connectivity index (χ0) is 20.8. The van der Waals surface area contributed by atoms with Gasteiger partial charge in [-0.1, -0.05) is 50.6 Å². The lowest BCUT2D eigenvalue weighted by Crippen LogP contribution is -2.41. The number of benzene rings is 2. The van der Waals surface area contributed by atoms with Crippen LogP contribution >= 0.6 is 23.4 Å². The molecule has 5 nitrogen and oxygen atoms in total. The number of nitrogens with one attached hydrogen (secondary N) is 1. The molecule has 0 fully saturated rings. The molecule has 2 rings (SSSR count). The highest BCUT2D eigenvalue weighted by Crippen LogP contribution is 2.24. The van der Waals surface area contributed by atoms with Gasteiger partial charge in [-0.05, 0) is 36.4 Å². The number of hydrogen-bond acceptors (Lipinski definition) is 4. The van der Waals surface area contributed by atoms with Crippen LogP contribution in [0.5, 0.6) is 0 Å². The van der Waals surface area contributed by atoms with E-state index in [1.807, 2.05) is 0 Å². The molecular weight excluding hydrogens is 416 g/mol. The van der Waals surface area contributed by atoms with Crippen LogP contribution in [0, 0.1) is 0 Å². The van der Waals surface area contributed by atoms with Crippen molar-refractivity contribution in [3.8, 4) is 0 Å². The van der Waals surface area contributed by atoms with Crippen molar-refractivity contribution in [3.05, 3.63) is 59.6 Å². The number of para-hydroxylation sites is 1. The number of anilines is 1. The lowest BCUT2D eigenvalue weighted by atomic mass is 10.3. The molecule has 1 amide bonds. The molecule has 0 aliphatic heterocycles. The lowest BCUT2D eigenvalue weighted by Gasteiger charge is -2.24. The van der Waals surface area contributed by atoms with Gasteiger partial charge in [0.1, 0.15) is 6.54 Å². The second-order valence-electron chi connectivity index (χ2n) is 7.11. The number of thioether (sulfide) groups is 1. The fourth-order valence-corrected chi connectivity index (χ4v) is 4.74. The van der Waals surface area contributed by atoms with Crippen LogP contribution in [0.25, 0.3) is 0 Å². The summed E-state index contributed by atoms with van der Waals surface area (Å²) in [5, 5.41) is 3.24. The first-order valence-electron chi connectivity index (χ1n) is 8.83. The maximum Gasteiger partial charge on any atom is 0.264 e. The molecule has 152 valence electrons. The third-order valence-corrected chi connectivity index (χ3v) is 7.01. The van der Waals surface area contributed by atoms with Gasteiger partial charge in [-0.15, -0.1) is 0 Å². The summed E-state index contributed by atoms with van der Waals surface area (Å²) in [5.41, 5.74) is 0.427. The van der Waals surface area contributed by atoms with E-state index >= 15 is 0 Å². The Morgan fingerprint density at radius 3 is 2.25 bits per heavy atom. The monoisotopic (exact) mass is 440 g/mol. The van der Waals surface area contributed by atoms with Crippen molar-refractivity contribution in [3.63, 3.8) is 0 Å². The van der Waals surface area contributed by atoms with Crippen LogP contribution in [-0.4, -0.2) is 37.9 Å². The van der Waals surface area contributed by atoms with Gasteiger partial charge in [-0.25, -0.2) is 8.42 Å². The molecule has 0 saturated heterocycles. The molecule has 0 radical (unpaired) electrons. The molecule has 0 heterocycles. The number of carbonyl (C=O) groups is 1. The van der Waals surface area contributed by atoms with Crippen LogP contribution in [-0.2, 0) is 14.8 Å². The van der Waals surface area contributed by atoms with Gasteiger partial charge in [0.2, 0.25) is 5.91 Å². The van der Waals surface area contributed by atoms with E-state index in [0.29, 0.717) is 17.3 Å². The Hall–Kier alpha value is -1.70. The number of hydrogen-bond donors (Lipinski definition) is 1. The Bertz CT molecular complexity index is 880. The summed E-state index contributed by atoms with van der Waals surface area (Å²) in [4.78, 5) is 12.5. The number of rotatable bonds is 8. The number of nitrogens with zero attached hydrogens (tertiary/aromatic N) is 1. The molecule has 0 aliphatic carbocycles. The van der Waals surface area contributed by atoms with Crippen molar-refractivity contribution in [1.29, 1.82) is 0 Å². The first kappa shape index (κ1) is 22.6. The highest BCUT2D eigenvalue weighted by molar-refractivity contribution is 8.00. The minimum atomic E-state index is -3.91. The SMILES string of the molecule is CC(C)(C)SCCNC(=O)CN(c1ccccc1)S(=O)(=O)c1ccc(Cl)cc1. The Kier molecular flexibility index (Phi) is 7.80. The maximum absolute atomic E-state index is 13.1. The van der Waals surface area contributed by atoms with E-state index in [4.69, 9.17) is 11.6 Å². The van der Waals surface area contributed by atoms with E-state index in [0.717, 1.165) is 10.1 Å². The summed E-state index contributed by atoms with van der Waals surface area (Å²) >= 11 is 7.61. The predicted octanol–water partition coefficient (Wildman–Crippen LogP) is 4.18. The predicted molar refractivity (Wildman–Crippen MR) is 118 cm³/mol. The van der Waals surface area contributed by atoms with E-state index < -0.39 is 10.0 Å². The first-order valence-corrected chi connectivity index (χ1v) is 11.6. The fourth-order valence-electron chi connectivity index (χ4n) is 2.38. The third kappa shape index (κ3) is 6.72. The molecular formula is C20H25ClN2O3S2. The van der Waals surface area contributed by atoms with Crippen molar-refractivity contribution < 1.29 is 13.2 Å². The number of amides is 1. The summed E-state index contributed by atoms with van der Waals surface area (Å²) in [6, 6.07) is 14.5. The normalized spacial score (nSPS) is 11.9. The van der Waals surface area contributed by atoms with Gasteiger partial charge in [0.05, 0.1) is 10.6 Å². The second kappa shape index (κ2) is 9.67. The Labute approximate surface area is 176 Å². The zero-order valence-electron chi connectivity index (χ0n) is 16.2. The van der Waals surface area contributed by atoms with E-state index in [9.17, 15) is 13.2 Å². The van der Waals surface area contributed by atoms with Crippen LogP contribution in [0.4, 0.5) is 5.69 Å². The van der Waals surface area contributed by atoms with Crippen LogP contribution in [0.3, 0.4) is 0 Å². The van der Waals surface area contributed by atoms with Crippen molar-refractivity contribution in [2.45, 2.75) is 30.4 Å². The standard InChI is InChI=1S/C20H25ClN2O3S2/c1-20(2,3)27-14-13-22-19(24)15-23(17-7-5-4-6-8-17)28(25,26)18-11-9-16(21)10-12-18/h4-12H,13-15H2,1-3H3,(H,22,24). The molecule has 0 unspecified atom stereocenters. The highest BCUT2D eigenvalue weighted by Gasteiger charge is 2.27. The smallest absolute Gasteiger partial charge is 0.264 e. The van der Waals surface area contributed by atoms with Gasteiger partial charge in [-0.2, -0.15) is 11.8 Å². The van der Waals surface area contributed by atoms with Crippen LogP contribution in [0.2, 0.25) is 5.02 Å². The Morgan fingerprint density at radius 1 is 1.07 bits per heavy atom. The van der Waals surface area contributed by atoms with Gasteiger partial charge in [0.15, 0.2) is 0 Å². The van der Waals surface area contributed by atoms with Gasteiger partial charge in [-0.3, -0.25) is 9.10 Å². The third-order valence-electron chi connectivity index (χ3n) is 3.69. The van der Waals surface area contributed by atoms with E-state index in [-0.39, 0.29) is 22.1 Å². The molecule has 0 aliphatic rings. The van der Waals surface area contributed by atoms with Crippen molar-refractivity contribution in [2.75, 3.05) is 23.1 Å². The largest absolute Gasteiger partial charge is 0.354 e. The number of halogens is 1. The zero-order valence-corrected chi connectivity index (χ0v) is 18.6. The molecule has 0 saturated carbocycles. The van der Waals surface area contributed by atoms with Gasteiger partial charge < -0.3 is 5.32 Å². The minimum Gasteiger partial charge on any atom is -0.354 e. The van der Waals surface area contributed by atoms with Crippen molar-refractivity contribution in [2.24, 2.45) is 0 Å². The highest BCUT2D eigenvalue weighted by atomic mass is 35.5. The number of carbonyl (C=O) groups excluding carboxylic acids is 1. The van der Waals surface area contributed by atoms with Gasteiger partial charge in [0, 0.05) is 22.1 Å². The summed E-state index contributed by atoms with van der Waals surface area (Å²) in [7, 11) is -3.91. The van der Waals surface area contributed by atoms with Crippen molar-refractivity contribution in [1.82, 2.24) is 5.32 Å². The van der Waals surface area contributed by atoms with E-state index in [1.165, 1.54) is 24.3 Å². The number of sulfonamides is 1. The molecule has 1 N–H and O–H groups in total. The van der Waals surface area contributed by atoms with E-state index in [2.05, 4.69) is 26.1 Å². The van der Waals surface area contributed by atoms with Crippen LogP contribution < -0.4 is 9.62 Å². The Balaban J connectivity index is 2.17. The summed E-state index contributed by atoms with van der Waals surface area (Å²) in [6.07, 6.45) is 0. The summed E-state index contributed by atoms with van der Waals surface area (Å²) in [5.74, 6) is 0.403. The quantitative estimate of drug-likeness (QED) is 0.625. The van der Waals surface area contributed by atoms with Gasteiger partial charge >= 0.3 is 0 Å². The maximum atomic E-state index is 13.1. The van der Waals surface area contributed by atoms with Crippen LogP contribution in [0.15, 0.2) is 59.5 Å². The fraction of sp³-hybridized carbons (Fsp3) is 0.350. The van der Waals surface area contributed by atoms with E-state index in [1.54, 1.807) is 42.1 Å². The summed E-state index contributed by atoms with van der Waals surface area (Å²) in [6.45, 7) is 6.50. The first-order chi connectivity index (χ1) is 13.1. The minimum absolute atomic E-state index is 0.0804. The molecule has 0 aromatic heterocycles. The molecule has 0 atom stereocenters. The molecule has 8 heteroatoms. The molecule has 0 bridgehead atoms. The van der Waals surface area contributed by atoms with Crippen molar-refractivity contribution >= 4 is 45.0 Å². The molecule has 28 heavy (non-hydrogen) atoms. The second-order valence-corrected chi connectivity index (χ2v) is 11.3. The van der Waals surface area contributed by atoms with Crippen LogP contribution in [0.1, 0.15) is 20.8 Å². The Morgan fingerprint density at radius 2 is 1.68 bits per heavy atom.